The highest BCUT2D eigenvalue weighted by Gasteiger charge is 2.54. The van der Waals surface area contributed by atoms with Crippen LogP contribution in [0.25, 0.3) is 0 Å². The van der Waals surface area contributed by atoms with Gasteiger partial charge in [0.25, 0.3) is 11.8 Å². The highest BCUT2D eigenvalue weighted by Crippen LogP contribution is 2.25. The second-order valence-corrected chi connectivity index (χ2v) is 9.69. The first-order chi connectivity index (χ1) is 15.7. The number of carboxylic acid groups (broad SMARTS) is 1. The molecule has 1 aliphatic rings. The molecule has 16 nitrogen and oxygen atoms in total. The van der Waals surface area contributed by atoms with Crippen molar-refractivity contribution in [3.63, 3.8) is 0 Å². The lowest BCUT2D eigenvalue weighted by molar-refractivity contribution is -0.161. The minimum atomic E-state index is -4.94. The van der Waals surface area contributed by atoms with Gasteiger partial charge in [-0.25, -0.2) is 14.1 Å². The van der Waals surface area contributed by atoms with Gasteiger partial charge in [-0.15, -0.1) is 11.3 Å². The first kappa shape index (κ1) is 24.9. The Balaban J connectivity index is 1.89. The number of carbonyl (C=O) groups excluding carboxylic acids is 2. The van der Waals surface area contributed by atoms with E-state index in [1.165, 1.54) is 36.2 Å². The van der Waals surface area contributed by atoms with E-state index < -0.39 is 51.5 Å². The molecule has 2 amide bonds. The Bertz CT molecular complexity index is 1270. The summed E-state index contributed by atoms with van der Waals surface area (Å²) in [5, 5.41) is 20.4. The number of β-lactam (4-membered cyclic amide) rings is 1. The lowest BCUT2D eigenvalue weighted by Gasteiger charge is -2.44. The predicted octanol–water partition coefficient (Wildman–Crippen LogP) is -1.71. The Hall–Kier alpha value is -3.77. The van der Waals surface area contributed by atoms with Gasteiger partial charge in [0.05, 0.1) is 12.6 Å². The molecule has 1 fully saturated rings. The zero-order chi connectivity index (χ0) is 25.4. The fraction of sp³-hybridized carbons (Fsp3) is 0.375. The average Bonchev–Trinajstić information content (AvgIpc) is 3.32. The molecule has 0 aromatic carbocycles. The number of thiazole rings is 1. The number of anilines is 2. The van der Waals surface area contributed by atoms with E-state index in [0.717, 1.165) is 11.3 Å². The molecule has 34 heavy (non-hydrogen) atoms. The number of aliphatic carboxylic acids is 1. The summed E-state index contributed by atoms with van der Waals surface area (Å²) in [7, 11) is -4.94. The van der Waals surface area contributed by atoms with Crippen molar-refractivity contribution in [3.8, 4) is 0 Å². The summed E-state index contributed by atoms with van der Waals surface area (Å²) in [5.74, 6) is -3.40. The number of nitrogens with two attached hydrogens (primary N) is 2. The van der Waals surface area contributed by atoms with Crippen molar-refractivity contribution in [2.24, 2.45) is 5.16 Å². The van der Waals surface area contributed by atoms with Gasteiger partial charge in [0, 0.05) is 11.6 Å². The smallest absolute Gasteiger partial charge is 0.362 e. The third-order valence-electron chi connectivity index (χ3n) is 4.60. The van der Waals surface area contributed by atoms with E-state index in [-0.39, 0.29) is 27.5 Å². The maximum absolute atomic E-state index is 13.0. The van der Waals surface area contributed by atoms with Crippen LogP contribution in [0.3, 0.4) is 0 Å². The van der Waals surface area contributed by atoms with Gasteiger partial charge in [0.2, 0.25) is 5.60 Å². The van der Waals surface area contributed by atoms with E-state index >= 15 is 0 Å². The van der Waals surface area contributed by atoms with E-state index in [2.05, 4.69) is 20.6 Å². The molecule has 18 heteroatoms. The molecule has 0 aliphatic carbocycles. The number of oxime groups is 1. The van der Waals surface area contributed by atoms with Gasteiger partial charge in [-0.3, -0.25) is 18.8 Å². The zero-order valence-corrected chi connectivity index (χ0v) is 19.3. The fourth-order valence-electron chi connectivity index (χ4n) is 2.82. The molecule has 3 rings (SSSR count). The number of rotatable bonds is 9. The highest BCUT2D eigenvalue weighted by molar-refractivity contribution is 7.84. The molecule has 1 aliphatic heterocycles. The molecular formula is C16H20N8O8S2. The number of carbonyl (C=O) groups is 3. The maximum atomic E-state index is 13.0. The Labute approximate surface area is 196 Å². The van der Waals surface area contributed by atoms with Crippen LogP contribution in [-0.4, -0.2) is 78.3 Å². The fourth-order valence-corrected chi connectivity index (χ4v) is 4.24. The van der Waals surface area contributed by atoms with Crippen molar-refractivity contribution < 1.29 is 37.3 Å². The van der Waals surface area contributed by atoms with Gasteiger partial charge >= 0.3 is 16.3 Å². The monoisotopic (exact) mass is 516 g/mol. The van der Waals surface area contributed by atoms with Crippen LogP contribution in [0.5, 0.6) is 0 Å². The van der Waals surface area contributed by atoms with Crippen LogP contribution in [0.15, 0.2) is 22.8 Å². The summed E-state index contributed by atoms with van der Waals surface area (Å²) in [6, 6.07) is -1.26. The van der Waals surface area contributed by atoms with Crippen molar-refractivity contribution in [3.05, 3.63) is 23.3 Å². The molecule has 2 aromatic heterocycles. The Morgan fingerprint density at radius 1 is 1.38 bits per heavy atom. The standard InChI is InChI=1S/C16H20N8O8S2/c1-16(2,14(27)28)32-22-10(7-6-33-15(18)19-7)12(25)20-11-8(5-23-4-3-9(17)21-23)24(13(11)26)34(29,30)31/h3-4,6,8,11H,5H2,1-2H3,(H2,17,21)(H2,18,19)(H,20,25)(H,27,28)(H,29,30,31)/t8-,11-/m0/s1. The molecule has 0 spiro atoms. The van der Waals surface area contributed by atoms with Gasteiger partial charge in [0.1, 0.15) is 17.6 Å². The molecule has 2 atom stereocenters. The Morgan fingerprint density at radius 2 is 2.06 bits per heavy atom. The SMILES string of the molecule is CC(C)(ON=C(C(=O)N[C@@H]1C(=O)N(S(=O)(=O)O)[C@H]1Cn1ccc(N)n1)c1csc(N)n1)C(=O)O. The number of nitrogens with one attached hydrogen (secondary N) is 1. The van der Waals surface area contributed by atoms with Crippen LogP contribution >= 0.6 is 11.3 Å². The number of hydrogen-bond donors (Lipinski definition) is 5. The summed E-state index contributed by atoms with van der Waals surface area (Å²) in [6.45, 7) is 2.14. The Morgan fingerprint density at radius 3 is 2.56 bits per heavy atom. The van der Waals surface area contributed by atoms with Gasteiger partial charge in [-0.2, -0.15) is 13.5 Å². The number of carboxylic acids is 1. The molecule has 7 N–H and O–H groups in total. The van der Waals surface area contributed by atoms with E-state index in [1.54, 1.807) is 0 Å². The lowest BCUT2D eigenvalue weighted by Crippen LogP contribution is -2.73. The Kier molecular flexibility index (Phi) is 6.49. The second kappa shape index (κ2) is 8.88. The predicted molar refractivity (Wildman–Crippen MR) is 117 cm³/mol. The summed E-state index contributed by atoms with van der Waals surface area (Å²) in [4.78, 5) is 45.6. The molecule has 0 saturated carbocycles. The molecule has 2 aromatic rings. The number of hydrogen-bond acceptors (Lipinski definition) is 12. The van der Waals surface area contributed by atoms with E-state index in [1.807, 2.05) is 0 Å². The summed E-state index contributed by atoms with van der Waals surface area (Å²) in [6.07, 6.45) is 1.41. The number of nitrogens with zero attached hydrogens (tertiary/aromatic N) is 5. The number of amides is 2. The molecule has 0 radical (unpaired) electrons. The first-order valence-electron chi connectivity index (χ1n) is 9.32. The van der Waals surface area contributed by atoms with Crippen molar-refractivity contribution in [2.45, 2.75) is 38.1 Å². The molecule has 184 valence electrons. The molecular weight excluding hydrogens is 496 g/mol. The minimum Gasteiger partial charge on any atom is -0.478 e. The molecule has 0 bridgehead atoms. The van der Waals surface area contributed by atoms with E-state index in [4.69, 9.17) is 16.3 Å². The van der Waals surface area contributed by atoms with E-state index in [9.17, 15) is 32.5 Å². The molecule has 3 heterocycles. The van der Waals surface area contributed by atoms with Crippen LogP contribution in [0.2, 0.25) is 0 Å². The first-order valence-corrected chi connectivity index (χ1v) is 11.6. The van der Waals surface area contributed by atoms with Gasteiger partial charge in [0.15, 0.2) is 10.8 Å². The van der Waals surface area contributed by atoms with Crippen LogP contribution in [0, 0.1) is 0 Å². The zero-order valence-electron chi connectivity index (χ0n) is 17.6. The van der Waals surface area contributed by atoms with Crippen LogP contribution in [-0.2, 0) is 36.1 Å². The van der Waals surface area contributed by atoms with Gasteiger partial charge in [-0.05, 0) is 19.9 Å². The highest BCUT2D eigenvalue weighted by atomic mass is 32.2. The maximum Gasteiger partial charge on any atom is 0.362 e. The molecule has 0 unspecified atom stereocenters. The van der Waals surface area contributed by atoms with Crippen LogP contribution in [0.1, 0.15) is 19.5 Å². The summed E-state index contributed by atoms with van der Waals surface area (Å²) >= 11 is 0.960. The number of nitrogen functional groups attached to an aromatic ring is 2. The normalized spacial score (nSPS) is 19.0. The summed E-state index contributed by atoms with van der Waals surface area (Å²) < 4.78 is 34.2. The van der Waals surface area contributed by atoms with Gasteiger partial charge in [-0.1, -0.05) is 5.16 Å². The van der Waals surface area contributed by atoms with Crippen LogP contribution < -0.4 is 16.8 Å². The molecule has 1 saturated heterocycles. The van der Waals surface area contributed by atoms with Crippen molar-refractivity contribution in [1.82, 2.24) is 24.4 Å². The van der Waals surface area contributed by atoms with Gasteiger partial charge < -0.3 is 26.7 Å². The largest absolute Gasteiger partial charge is 0.478 e. The lowest BCUT2D eigenvalue weighted by atomic mass is 9.98. The van der Waals surface area contributed by atoms with Crippen molar-refractivity contribution >= 4 is 56.1 Å². The second-order valence-electron chi connectivity index (χ2n) is 7.51. The third-order valence-corrected chi connectivity index (χ3v) is 6.22. The van der Waals surface area contributed by atoms with Crippen LogP contribution in [0.4, 0.5) is 10.9 Å². The van der Waals surface area contributed by atoms with E-state index in [0.29, 0.717) is 0 Å². The van der Waals surface area contributed by atoms with Crippen molar-refractivity contribution in [2.75, 3.05) is 11.5 Å². The summed E-state index contributed by atoms with van der Waals surface area (Å²) in [5.41, 5.74) is 8.73. The average molecular weight is 517 g/mol. The third kappa shape index (κ3) is 5.07. The minimum absolute atomic E-state index is 0.0689. The van der Waals surface area contributed by atoms with Crippen molar-refractivity contribution in [1.29, 1.82) is 0 Å². The topological polar surface area (TPSA) is 245 Å². The number of aromatic nitrogens is 3. The quantitative estimate of drug-likeness (QED) is 0.108.